The summed E-state index contributed by atoms with van der Waals surface area (Å²) in [5, 5.41) is 15.9. The highest BCUT2D eigenvalue weighted by molar-refractivity contribution is 7.99. The molecule has 0 bridgehead atoms. The molecule has 0 radical (unpaired) electrons. The second-order valence-electron chi connectivity index (χ2n) is 7.25. The maximum Gasteiger partial charge on any atom is 0.296 e. The van der Waals surface area contributed by atoms with Gasteiger partial charge in [0.15, 0.2) is 5.16 Å². The first-order chi connectivity index (χ1) is 16.5. The molecule has 2 aromatic heterocycles. The molecule has 1 amide bonds. The van der Waals surface area contributed by atoms with E-state index in [2.05, 4.69) is 25.7 Å². The SMILES string of the molecule is CCn1c(SCC(=O)Nc2ccc(OC)cc2OC)nnc1-c1nc(-c2cccc(C)c2)no1. The molecule has 0 spiro atoms. The van der Waals surface area contributed by atoms with Crippen molar-refractivity contribution in [1.29, 1.82) is 0 Å². The van der Waals surface area contributed by atoms with Gasteiger partial charge in [-0.15, -0.1) is 10.2 Å². The minimum atomic E-state index is -0.208. The number of carbonyl (C=O) groups excluding carboxylic acids is 1. The second kappa shape index (κ2) is 10.4. The number of aromatic nitrogens is 5. The second-order valence-corrected chi connectivity index (χ2v) is 8.19. The lowest BCUT2D eigenvalue weighted by Gasteiger charge is -2.11. The fraction of sp³-hybridized carbons (Fsp3) is 0.261. The van der Waals surface area contributed by atoms with Crippen LogP contribution in [0.3, 0.4) is 0 Å². The summed E-state index contributed by atoms with van der Waals surface area (Å²) in [5.41, 5.74) is 2.52. The molecule has 1 N–H and O–H groups in total. The molecule has 0 aliphatic carbocycles. The smallest absolute Gasteiger partial charge is 0.296 e. The largest absolute Gasteiger partial charge is 0.497 e. The Morgan fingerprint density at radius 2 is 2.00 bits per heavy atom. The van der Waals surface area contributed by atoms with Crippen LogP contribution in [0.15, 0.2) is 52.1 Å². The molecule has 0 aliphatic heterocycles. The molecule has 11 heteroatoms. The molecule has 10 nitrogen and oxygen atoms in total. The molecule has 0 saturated heterocycles. The van der Waals surface area contributed by atoms with Gasteiger partial charge in [-0.3, -0.25) is 9.36 Å². The normalized spacial score (nSPS) is 10.8. The summed E-state index contributed by atoms with van der Waals surface area (Å²) in [6.45, 7) is 4.53. The molecular formula is C23H24N6O4S. The summed E-state index contributed by atoms with van der Waals surface area (Å²) >= 11 is 1.26. The van der Waals surface area contributed by atoms with Crippen molar-refractivity contribution < 1.29 is 18.8 Å². The molecule has 2 heterocycles. The van der Waals surface area contributed by atoms with Crippen molar-refractivity contribution in [2.24, 2.45) is 0 Å². The molecule has 0 saturated carbocycles. The van der Waals surface area contributed by atoms with Crippen LogP contribution in [-0.2, 0) is 11.3 Å². The third-order valence-corrected chi connectivity index (χ3v) is 5.91. The Hall–Kier alpha value is -3.86. The summed E-state index contributed by atoms with van der Waals surface area (Å²) in [7, 11) is 3.10. The molecular weight excluding hydrogens is 456 g/mol. The zero-order valence-electron chi connectivity index (χ0n) is 19.2. The molecule has 0 unspecified atom stereocenters. The molecule has 0 fully saturated rings. The number of ether oxygens (including phenoxy) is 2. The van der Waals surface area contributed by atoms with Gasteiger partial charge in [-0.2, -0.15) is 4.98 Å². The Balaban J connectivity index is 1.46. The molecule has 176 valence electrons. The fourth-order valence-electron chi connectivity index (χ4n) is 3.27. The van der Waals surface area contributed by atoms with Gasteiger partial charge in [-0.25, -0.2) is 0 Å². The zero-order chi connectivity index (χ0) is 24.1. The first-order valence-electron chi connectivity index (χ1n) is 10.5. The Labute approximate surface area is 200 Å². The minimum Gasteiger partial charge on any atom is -0.497 e. The van der Waals surface area contributed by atoms with Gasteiger partial charge in [0.05, 0.1) is 25.7 Å². The van der Waals surface area contributed by atoms with Crippen molar-refractivity contribution in [3.8, 4) is 34.6 Å². The highest BCUT2D eigenvalue weighted by Gasteiger charge is 2.20. The Bertz CT molecular complexity index is 1300. The fourth-order valence-corrected chi connectivity index (χ4v) is 4.07. The van der Waals surface area contributed by atoms with Gasteiger partial charge in [0.1, 0.15) is 11.5 Å². The van der Waals surface area contributed by atoms with E-state index in [0.29, 0.717) is 40.5 Å². The van der Waals surface area contributed by atoms with Crippen LogP contribution in [-0.4, -0.2) is 50.8 Å². The van der Waals surface area contributed by atoms with E-state index in [1.807, 2.05) is 42.7 Å². The van der Waals surface area contributed by atoms with Crippen LogP contribution < -0.4 is 14.8 Å². The van der Waals surface area contributed by atoms with Crippen LogP contribution in [0.25, 0.3) is 23.1 Å². The van der Waals surface area contributed by atoms with Crippen LogP contribution in [0.4, 0.5) is 5.69 Å². The number of amides is 1. The molecule has 4 rings (SSSR count). The van der Waals surface area contributed by atoms with Crippen LogP contribution >= 0.6 is 11.8 Å². The number of rotatable bonds is 9. The van der Waals surface area contributed by atoms with Crippen molar-refractivity contribution in [1.82, 2.24) is 24.9 Å². The van der Waals surface area contributed by atoms with Crippen LogP contribution in [0.5, 0.6) is 11.5 Å². The van der Waals surface area contributed by atoms with Crippen molar-refractivity contribution in [2.75, 3.05) is 25.3 Å². The van der Waals surface area contributed by atoms with E-state index in [1.165, 1.54) is 18.9 Å². The van der Waals surface area contributed by atoms with E-state index in [-0.39, 0.29) is 17.6 Å². The average molecular weight is 481 g/mol. The maximum absolute atomic E-state index is 12.6. The number of methoxy groups -OCH3 is 2. The highest BCUT2D eigenvalue weighted by atomic mass is 32.2. The number of hydrogen-bond donors (Lipinski definition) is 1. The van der Waals surface area contributed by atoms with E-state index < -0.39 is 0 Å². The number of carbonyl (C=O) groups is 1. The summed E-state index contributed by atoms with van der Waals surface area (Å²) in [6.07, 6.45) is 0. The van der Waals surface area contributed by atoms with Gasteiger partial charge >= 0.3 is 0 Å². The molecule has 2 aromatic carbocycles. The van der Waals surface area contributed by atoms with Crippen molar-refractivity contribution >= 4 is 23.4 Å². The van der Waals surface area contributed by atoms with E-state index in [0.717, 1.165) is 11.1 Å². The lowest BCUT2D eigenvalue weighted by Crippen LogP contribution is -2.15. The topological polar surface area (TPSA) is 117 Å². The zero-order valence-corrected chi connectivity index (χ0v) is 20.0. The summed E-state index contributed by atoms with van der Waals surface area (Å²) in [6, 6.07) is 13.0. The average Bonchev–Trinajstić information content (AvgIpc) is 3.50. The van der Waals surface area contributed by atoms with E-state index in [1.54, 1.807) is 25.3 Å². The van der Waals surface area contributed by atoms with E-state index in [9.17, 15) is 4.79 Å². The summed E-state index contributed by atoms with van der Waals surface area (Å²) in [5.74, 6) is 2.27. The molecule has 0 atom stereocenters. The number of aryl methyl sites for hydroxylation is 1. The van der Waals surface area contributed by atoms with Crippen LogP contribution in [0.2, 0.25) is 0 Å². The van der Waals surface area contributed by atoms with Gasteiger partial charge in [0, 0.05) is 18.2 Å². The predicted octanol–water partition coefficient (Wildman–Crippen LogP) is 4.07. The lowest BCUT2D eigenvalue weighted by molar-refractivity contribution is -0.113. The quantitative estimate of drug-likeness (QED) is 0.354. The van der Waals surface area contributed by atoms with Gasteiger partial charge in [-0.1, -0.05) is 40.7 Å². The Morgan fingerprint density at radius 3 is 2.74 bits per heavy atom. The minimum absolute atomic E-state index is 0.131. The number of nitrogens with zero attached hydrogens (tertiary/aromatic N) is 5. The van der Waals surface area contributed by atoms with Crippen molar-refractivity contribution in [3.63, 3.8) is 0 Å². The number of hydrogen-bond acceptors (Lipinski definition) is 9. The van der Waals surface area contributed by atoms with Crippen LogP contribution in [0.1, 0.15) is 12.5 Å². The standard InChI is InChI=1S/C23H24N6O4S/c1-5-29-21(22-25-20(28-33-22)15-8-6-7-14(2)11-15)26-27-23(29)34-13-19(30)24-17-10-9-16(31-3)12-18(17)32-4/h6-12H,5,13H2,1-4H3,(H,24,30). The van der Waals surface area contributed by atoms with Gasteiger partial charge < -0.3 is 19.3 Å². The Kier molecular flexibility index (Phi) is 7.12. The van der Waals surface area contributed by atoms with Crippen molar-refractivity contribution in [3.05, 3.63) is 48.0 Å². The molecule has 34 heavy (non-hydrogen) atoms. The number of nitrogens with one attached hydrogen (secondary N) is 1. The number of benzene rings is 2. The number of anilines is 1. The predicted molar refractivity (Wildman–Crippen MR) is 128 cm³/mol. The molecule has 4 aromatic rings. The van der Waals surface area contributed by atoms with Crippen LogP contribution in [0, 0.1) is 6.92 Å². The third kappa shape index (κ3) is 5.04. The summed E-state index contributed by atoms with van der Waals surface area (Å²) < 4.78 is 17.8. The third-order valence-electron chi connectivity index (χ3n) is 4.94. The molecule has 0 aliphatic rings. The van der Waals surface area contributed by atoms with Gasteiger partial charge in [-0.05, 0) is 32.0 Å². The van der Waals surface area contributed by atoms with Gasteiger partial charge in [0.25, 0.3) is 5.89 Å². The highest BCUT2D eigenvalue weighted by Crippen LogP contribution is 2.30. The van der Waals surface area contributed by atoms with Crippen molar-refractivity contribution in [2.45, 2.75) is 25.5 Å². The first-order valence-corrected chi connectivity index (χ1v) is 11.5. The monoisotopic (exact) mass is 480 g/mol. The van der Waals surface area contributed by atoms with E-state index in [4.69, 9.17) is 14.0 Å². The van der Waals surface area contributed by atoms with Gasteiger partial charge in [0.2, 0.25) is 17.6 Å². The maximum atomic E-state index is 12.6. The number of thioether (sulfide) groups is 1. The summed E-state index contributed by atoms with van der Waals surface area (Å²) in [4.78, 5) is 17.0. The first kappa shape index (κ1) is 23.3. The lowest BCUT2D eigenvalue weighted by atomic mass is 10.1. The van der Waals surface area contributed by atoms with E-state index >= 15 is 0 Å². The Morgan fingerprint density at radius 1 is 1.15 bits per heavy atom.